The highest BCUT2D eigenvalue weighted by molar-refractivity contribution is 6.30. The Bertz CT molecular complexity index is 701. The van der Waals surface area contributed by atoms with E-state index in [2.05, 4.69) is 10.3 Å². The summed E-state index contributed by atoms with van der Waals surface area (Å²) in [5.74, 6) is 0.0770. The number of aromatic nitrogens is 2. The number of imidazole rings is 1. The van der Waals surface area contributed by atoms with E-state index in [9.17, 15) is 4.79 Å². The van der Waals surface area contributed by atoms with Gasteiger partial charge in [0.25, 0.3) is 0 Å². The zero-order valence-electron chi connectivity index (χ0n) is 12.9. The zero-order valence-corrected chi connectivity index (χ0v) is 13.7. The van der Waals surface area contributed by atoms with Gasteiger partial charge < -0.3 is 20.5 Å². The van der Waals surface area contributed by atoms with Gasteiger partial charge in [0.05, 0.1) is 12.0 Å². The number of hydrogen-bond donors (Lipinski definition) is 2. The van der Waals surface area contributed by atoms with Crippen LogP contribution in [0.3, 0.4) is 0 Å². The third kappa shape index (κ3) is 3.65. The molecule has 0 unspecified atom stereocenters. The number of carbonyl (C=O) groups excluding carboxylic acids is 1. The van der Waals surface area contributed by atoms with Crippen LogP contribution in [0.25, 0.3) is 0 Å². The standard InChI is InChI=1S/C16H20ClN5O/c1-21-9-15(20-10-21)13-7-22(8-14(13)18)16(23)19-6-11-3-2-4-12(17)5-11/h2-5,9-10,13-14H,6-8,18H2,1H3,(H,19,23)/t13-,14-/m1/s1. The maximum absolute atomic E-state index is 12.3. The molecular formula is C16H20ClN5O. The third-order valence-electron chi connectivity index (χ3n) is 4.09. The second kappa shape index (κ2) is 6.60. The predicted octanol–water partition coefficient (Wildman–Crippen LogP) is 1.71. The molecule has 122 valence electrons. The second-order valence-electron chi connectivity index (χ2n) is 5.93. The Morgan fingerprint density at radius 1 is 1.48 bits per heavy atom. The van der Waals surface area contributed by atoms with E-state index in [4.69, 9.17) is 17.3 Å². The van der Waals surface area contributed by atoms with E-state index < -0.39 is 0 Å². The number of nitrogens with two attached hydrogens (primary N) is 1. The van der Waals surface area contributed by atoms with Gasteiger partial charge in [0, 0.05) is 49.9 Å². The second-order valence-corrected chi connectivity index (χ2v) is 6.36. The molecule has 1 fully saturated rings. The monoisotopic (exact) mass is 333 g/mol. The SMILES string of the molecule is Cn1cnc([C@@H]2CN(C(=O)NCc3cccc(Cl)c3)C[C@H]2N)c1. The first-order chi connectivity index (χ1) is 11.0. The van der Waals surface area contributed by atoms with Crippen LogP contribution in [0.2, 0.25) is 5.02 Å². The summed E-state index contributed by atoms with van der Waals surface area (Å²) < 4.78 is 1.89. The molecule has 7 heteroatoms. The maximum atomic E-state index is 12.3. The molecule has 0 radical (unpaired) electrons. The van der Waals surface area contributed by atoms with Gasteiger partial charge in [-0.2, -0.15) is 0 Å². The fourth-order valence-electron chi connectivity index (χ4n) is 2.87. The van der Waals surface area contributed by atoms with Crippen LogP contribution < -0.4 is 11.1 Å². The average Bonchev–Trinajstić information content (AvgIpc) is 3.11. The van der Waals surface area contributed by atoms with Gasteiger partial charge in [0.15, 0.2) is 0 Å². The van der Waals surface area contributed by atoms with Crippen molar-refractivity contribution < 1.29 is 4.79 Å². The van der Waals surface area contributed by atoms with Gasteiger partial charge >= 0.3 is 6.03 Å². The van der Waals surface area contributed by atoms with Crippen LogP contribution in [0.4, 0.5) is 4.79 Å². The van der Waals surface area contributed by atoms with Crippen molar-refractivity contribution >= 4 is 17.6 Å². The molecule has 2 amide bonds. The number of carbonyl (C=O) groups is 1. The van der Waals surface area contributed by atoms with Crippen molar-refractivity contribution in [3.05, 3.63) is 53.1 Å². The molecule has 0 bridgehead atoms. The summed E-state index contributed by atoms with van der Waals surface area (Å²) in [6.07, 6.45) is 3.71. The first kappa shape index (κ1) is 15.8. The fraction of sp³-hybridized carbons (Fsp3) is 0.375. The van der Waals surface area contributed by atoms with Crippen LogP contribution in [0, 0.1) is 0 Å². The van der Waals surface area contributed by atoms with E-state index in [1.165, 1.54) is 0 Å². The average molecular weight is 334 g/mol. The molecule has 1 aliphatic rings. The molecule has 2 heterocycles. The molecule has 1 saturated heterocycles. The number of nitrogens with zero attached hydrogens (tertiary/aromatic N) is 3. The highest BCUT2D eigenvalue weighted by Crippen LogP contribution is 2.25. The lowest BCUT2D eigenvalue weighted by atomic mass is 10.0. The normalized spacial score (nSPS) is 20.7. The minimum Gasteiger partial charge on any atom is -0.340 e. The van der Waals surface area contributed by atoms with Crippen molar-refractivity contribution in [3.63, 3.8) is 0 Å². The van der Waals surface area contributed by atoms with Crippen molar-refractivity contribution in [3.8, 4) is 0 Å². The van der Waals surface area contributed by atoms with Crippen LogP contribution >= 0.6 is 11.6 Å². The molecule has 3 N–H and O–H groups in total. The van der Waals surface area contributed by atoms with E-state index in [-0.39, 0.29) is 18.0 Å². The minimum atomic E-state index is -0.112. The Hall–Kier alpha value is -2.05. The number of likely N-dealkylation sites (tertiary alicyclic amines) is 1. The fourth-order valence-corrected chi connectivity index (χ4v) is 3.08. The summed E-state index contributed by atoms with van der Waals surface area (Å²) in [6, 6.07) is 7.24. The van der Waals surface area contributed by atoms with E-state index >= 15 is 0 Å². The Kier molecular flexibility index (Phi) is 4.54. The first-order valence-corrected chi connectivity index (χ1v) is 7.91. The number of aryl methyl sites for hydroxylation is 1. The largest absolute Gasteiger partial charge is 0.340 e. The number of nitrogens with one attached hydrogen (secondary N) is 1. The molecule has 0 spiro atoms. The van der Waals surface area contributed by atoms with Gasteiger partial charge in [-0.15, -0.1) is 0 Å². The summed E-state index contributed by atoms with van der Waals surface area (Å²) in [7, 11) is 1.92. The van der Waals surface area contributed by atoms with Crippen molar-refractivity contribution in [2.45, 2.75) is 18.5 Å². The quantitative estimate of drug-likeness (QED) is 0.897. The van der Waals surface area contributed by atoms with E-state index in [1.54, 1.807) is 11.2 Å². The number of benzene rings is 1. The Labute approximate surface area is 140 Å². The number of amides is 2. The lowest BCUT2D eigenvalue weighted by Gasteiger charge is -2.17. The van der Waals surface area contributed by atoms with Gasteiger partial charge in [-0.05, 0) is 17.7 Å². The van der Waals surface area contributed by atoms with Crippen LogP contribution in [0.15, 0.2) is 36.8 Å². The number of rotatable bonds is 3. The molecule has 0 aliphatic carbocycles. The topological polar surface area (TPSA) is 76.2 Å². The molecule has 2 aromatic rings. The van der Waals surface area contributed by atoms with Gasteiger partial charge in [-0.1, -0.05) is 23.7 Å². The summed E-state index contributed by atoms with van der Waals surface area (Å²) in [5, 5.41) is 3.58. The van der Waals surface area contributed by atoms with Crippen LogP contribution in [0.1, 0.15) is 17.2 Å². The van der Waals surface area contributed by atoms with Gasteiger partial charge in [-0.3, -0.25) is 0 Å². The zero-order chi connectivity index (χ0) is 16.4. The predicted molar refractivity (Wildman–Crippen MR) is 89.2 cm³/mol. The molecule has 1 aliphatic heterocycles. The van der Waals surface area contributed by atoms with Crippen LogP contribution in [-0.2, 0) is 13.6 Å². The van der Waals surface area contributed by atoms with Gasteiger partial charge in [0.1, 0.15) is 0 Å². The molecule has 1 aromatic carbocycles. The lowest BCUT2D eigenvalue weighted by Crippen LogP contribution is -2.39. The maximum Gasteiger partial charge on any atom is 0.317 e. The van der Waals surface area contributed by atoms with Crippen molar-refractivity contribution in [1.29, 1.82) is 0 Å². The Morgan fingerprint density at radius 3 is 3.00 bits per heavy atom. The first-order valence-electron chi connectivity index (χ1n) is 7.53. The smallest absolute Gasteiger partial charge is 0.317 e. The van der Waals surface area contributed by atoms with E-state index in [1.807, 2.05) is 42.1 Å². The molecule has 0 saturated carbocycles. The Balaban J connectivity index is 1.58. The summed E-state index contributed by atoms with van der Waals surface area (Å²) >= 11 is 5.95. The van der Waals surface area contributed by atoms with Crippen LogP contribution in [0.5, 0.6) is 0 Å². The van der Waals surface area contributed by atoms with Gasteiger partial charge in [-0.25, -0.2) is 9.78 Å². The van der Waals surface area contributed by atoms with E-state index in [0.29, 0.717) is 24.7 Å². The summed E-state index contributed by atoms with van der Waals surface area (Å²) in [4.78, 5) is 18.4. The Morgan fingerprint density at radius 2 is 2.30 bits per heavy atom. The highest BCUT2D eigenvalue weighted by atomic mass is 35.5. The lowest BCUT2D eigenvalue weighted by molar-refractivity contribution is 0.207. The number of halogens is 1. The third-order valence-corrected chi connectivity index (χ3v) is 4.32. The molecule has 23 heavy (non-hydrogen) atoms. The number of hydrogen-bond acceptors (Lipinski definition) is 3. The van der Waals surface area contributed by atoms with E-state index in [0.717, 1.165) is 11.3 Å². The molecular weight excluding hydrogens is 314 g/mol. The van der Waals surface area contributed by atoms with Crippen LogP contribution in [-0.4, -0.2) is 39.6 Å². The van der Waals surface area contributed by atoms with Gasteiger partial charge in [0.2, 0.25) is 0 Å². The number of urea groups is 1. The molecule has 3 rings (SSSR count). The van der Waals surface area contributed by atoms with Crippen molar-refractivity contribution in [1.82, 2.24) is 19.8 Å². The summed E-state index contributed by atoms with van der Waals surface area (Å²) in [6.45, 7) is 1.56. The van der Waals surface area contributed by atoms with Crippen molar-refractivity contribution in [2.24, 2.45) is 12.8 Å². The molecule has 6 nitrogen and oxygen atoms in total. The van der Waals surface area contributed by atoms with Crippen molar-refractivity contribution in [2.75, 3.05) is 13.1 Å². The molecule has 2 atom stereocenters. The molecule has 1 aromatic heterocycles. The minimum absolute atomic E-state index is 0.0770. The summed E-state index contributed by atoms with van der Waals surface area (Å²) in [5.41, 5.74) is 8.09. The highest BCUT2D eigenvalue weighted by Gasteiger charge is 2.35.